The molecule has 1 fully saturated rings. The van der Waals surface area contributed by atoms with Crippen LogP contribution in [-0.4, -0.2) is 42.5 Å². The van der Waals surface area contributed by atoms with Gasteiger partial charge in [-0.1, -0.05) is 42.5 Å². The first-order valence-electron chi connectivity index (χ1n) is 8.70. The van der Waals surface area contributed by atoms with Crippen molar-refractivity contribution in [2.24, 2.45) is 0 Å². The van der Waals surface area contributed by atoms with Crippen LogP contribution in [0.1, 0.15) is 17.2 Å². The Morgan fingerprint density at radius 2 is 1.79 bits per heavy atom. The lowest BCUT2D eigenvalue weighted by Gasteiger charge is -2.24. The van der Waals surface area contributed by atoms with E-state index < -0.39 is 17.7 Å². The lowest BCUT2D eigenvalue weighted by molar-refractivity contribution is -0.139. The molecule has 3 rings (SSSR count). The molecule has 1 aliphatic rings. The van der Waals surface area contributed by atoms with Crippen LogP contribution in [0, 0.1) is 0 Å². The molecule has 1 heterocycles. The Bertz CT molecular complexity index is 949. The van der Waals surface area contributed by atoms with E-state index in [1.54, 1.807) is 54.6 Å². The molecule has 0 aromatic heterocycles. The molecule has 0 aliphatic carbocycles. The summed E-state index contributed by atoms with van der Waals surface area (Å²) in [6.07, 6.45) is 1.54. The summed E-state index contributed by atoms with van der Waals surface area (Å²) in [5, 5.41) is 10.9. The minimum atomic E-state index is -0.766. The Kier molecular flexibility index (Phi) is 5.49. The molecular formula is C22H21NO5. The number of likely N-dealkylation sites (tertiary alicyclic amines) is 1. The van der Waals surface area contributed by atoms with Gasteiger partial charge < -0.3 is 19.5 Å². The molecule has 1 aliphatic heterocycles. The van der Waals surface area contributed by atoms with Gasteiger partial charge in [0.2, 0.25) is 0 Å². The third kappa shape index (κ3) is 3.24. The van der Waals surface area contributed by atoms with Crippen LogP contribution < -0.4 is 9.47 Å². The second-order valence-electron chi connectivity index (χ2n) is 6.22. The lowest BCUT2D eigenvalue weighted by Crippen LogP contribution is -2.29. The molecule has 1 atom stereocenters. The minimum Gasteiger partial charge on any atom is -0.507 e. The number of benzene rings is 2. The largest absolute Gasteiger partial charge is 0.507 e. The molecule has 1 saturated heterocycles. The van der Waals surface area contributed by atoms with Crippen molar-refractivity contribution in [3.05, 3.63) is 77.9 Å². The van der Waals surface area contributed by atoms with Gasteiger partial charge in [0.1, 0.15) is 5.76 Å². The molecule has 0 radical (unpaired) electrons. The van der Waals surface area contributed by atoms with Crippen LogP contribution in [0.4, 0.5) is 0 Å². The first-order chi connectivity index (χ1) is 13.5. The van der Waals surface area contributed by atoms with Crippen molar-refractivity contribution in [3.8, 4) is 11.5 Å². The number of rotatable bonds is 6. The quantitative estimate of drug-likeness (QED) is 0.361. The summed E-state index contributed by atoms with van der Waals surface area (Å²) in [7, 11) is 3.03. The van der Waals surface area contributed by atoms with Gasteiger partial charge in [0, 0.05) is 12.1 Å². The van der Waals surface area contributed by atoms with Gasteiger partial charge in [-0.2, -0.15) is 0 Å². The van der Waals surface area contributed by atoms with E-state index >= 15 is 0 Å². The van der Waals surface area contributed by atoms with Crippen molar-refractivity contribution >= 4 is 17.4 Å². The normalized spacial score (nSPS) is 18.2. The Hall–Kier alpha value is -3.54. The van der Waals surface area contributed by atoms with Crippen LogP contribution in [0.3, 0.4) is 0 Å². The standard InChI is InChI=1S/C22H21NO5/c1-4-12-23-19(15-10-11-16(27-2)17(13-15)28-3)18(21(25)22(23)26)20(24)14-8-6-5-7-9-14/h4-11,13,19,24H,1,12H2,2-3H3/t19-/m1/s1. The zero-order chi connectivity index (χ0) is 20.3. The minimum absolute atomic E-state index is 0.0327. The topological polar surface area (TPSA) is 76.1 Å². The maximum absolute atomic E-state index is 12.8. The zero-order valence-corrected chi connectivity index (χ0v) is 15.7. The molecule has 0 spiro atoms. The summed E-state index contributed by atoms with van der Waals surface area (Å²) < 4.78 is 10.6. The molecule has 28 heavy (non-hydrogen) atoms. The van der Waals surface area contributed by atoms with E-state index in [1.807, 2.05) is 0 Å². The number of hydrogen-bond donors (Lipinski definition) is 1. The summed E-state index contributed by atoms with van der Waals surface area (Å²) in [4.78, 5) is 26.8. The van der Waals surface area contributed by atoms with Crippen LogP contribution in [0.5, 0.6) is 11.5 Å². The number of amides is 1. The molecule has 2 aromatic rings. The van der Waals surface area contributed by atoms with Crippen molar-refractivity contribution in [1.29, 1.82) is 0 Å². The fourth-order valence-electron chi connectivity index (χ4n) is 3.33. The Balaban J connectivity index is 2.21. The molecule has 6 nitrogen and oxygen atoms in total. The summed E-state index contributed by atoms with van der Waals surface area (Å²) in [6.45, 7) is 3.83. The van der Waals surface area contributed by atoms with Gasteiger partial charge in [0.05, 0.1) is 25.8 Å². The number of aliphatic hydroxyl groups excluding tert-OH is 1. The fourth-order valence-corrected chi connectivity index (χ4v) is 3.33. The van der Waals surface area contributed by atoms with Crippen molar-refractivity contribution < 1.29 is 24.2 Å². The third-order valence-electron chi connectivity index (χ3n) is 4.64. The van der Waals surface area contributed by atoms with Crippen LogP contribution in [0.25, 0.3) is 5.76 Å². The van der Waals surface area contributed by atoms with Crippen LogP contribution in [0.15, 0.2) is 66.8 Å². The molecular weight excluding hydrogens is 358 g/mol. The van der Waals surface area contributed by atoms with Gasteiger partial charge in [0.15, 0.2) is 11.5 Å². The van der Waals surface area contributed by atoms with Crippen LogP contribution >= 0.6 is 0 Å². The molecule has 0 bridgehead atoms. The van der Waals surface area contributed by atoms with Gasteiger partial charge in [-0.25, -0.2) is 0 Å². The van der Waals surface area contributed by atoms with Gasteiger partial charge in [-0.05, 0) is 17.7 Å². The number of methoxy groups -OCH3 is 2. The van der Waals surface area contributed by atoms with Crippen molar-refractivity contribution in [2.45, 2.75) is 6.04 Å². The average Bonchev–Trinajstić information content (AvgIpc) is 2.98. The summed E-state index contributed by atoms with van der Waals surface area (Å²) in [5.74, 6) is -0.649. The second-order valence-corrected chi connectivity index (χ2v) is 6.22. The van der Waals surface area contributed by atoms with Gasteiger partial charge >= 0.3 is 0 Å². The van der Waals surface area contributed by atoms with E-state index in [9.17, 15) is 14.7 Å². The maximum atomic E-state index is 12.8. The van der Waals surface area contributed by atoms with Gasteiger partial charge in [-0.15, -0.1) is 6.58 Å². The summed E-state index contributed by atoms with van der Waals surface area (Å²) in [6, 6.07) is 13.0. The number of ketones is 1. The van der Waals surface area contributed by atoms with Crippen molar-refractivity contribution in [2.75, 3.05) is 20.8 Å². The SMILES string of the molecule is C=CCN1C(=O)C(=O)C(=C(O)c2ccccc2)[C@H]1c1ccc(OC)c(OC)c1. The van der Waals surface area contributed by atoms with E-state index in [0.717, 1.165) is 0 Å². The van der Waals surface area contributed by atoms with Gasteiger partial charge in [-0.3, -0.25) is 9.59 Å². The Morgan fingerprint density at radius 3 is 2.39 bits per heavy atom. The predicted molar refractivity (Wildman–Crippen MR) is 105 cm³/mol. The molecule has 2 aromatic carbocycles. The number of hydrogen-bond acceptors (Lipinski definition) is 5. The van der Waals surface area contributed by atoms with Crippen molar-refractivity contribution in [1.82, 2.24) is 4.90 Å². The fraction of sp³-hybridized carbons (Fsp3) is 0.182. The lowest BCUT2D eigenvalue weighted by atomic mass is 9.95. The number of Topliss-reactive ketones (excluding diaryl/α,β-unsaturated/α-hetero) is 1. The molecule has 0 unspecified atom stereocenters. The first-order valence-corrected chi connectivity index (χ1v) is 8.70. The van der Waals surface area contributed by atoms with Crippen molar-refractivity contribution in [3.63, 3.8) is 0 Å². The molecule has 0 saturated carbocycles. The number of carbonyl (C=O) groups excluding carboxylic acids is 2. The summed E-state index contributed by atoms with van der Waals surface area (Å²) >= 11 is 0. The highest BCUT2D eigenvalue weighted by molar-refractivity contribution is 6.46. The molecule has 144 valence electrons. The van der Waals surface area contributed by atoms with E-state index in [0.29, 0.717) is 22.6 Å². The number of aliphatic hydroxyl groups is 1. The van der Waals surface area contributed by atoms with Crippen LogP contribution in [-0.2, 0) is 9.59 Å². The average molecular weight is 379 g/mol. The Morgan fingerprint density at radius 1 is 1.11 bits per heavy atom. The molecule has 6 heteroatoms. The highest BCUT2D eigenvalue weighted by Gasteiger charge is 2.45. The number of nitrogens with zero attached hydrogens (tertiary/aromatic N) is 1. The van der Waals surface area contributed by atoms with E-state index in [-0.39, 0.29) is 17.9 Å². The zero-order valence-electron chi connectivity index (χ0n) is 15.7. The van der Waals surface area contributed by atoms with E-state index in [1.165, 1.54) is 19.1 Å². The predicted octanol–water partition coefficient (Wildman–Crippen LogP) is 3.31. The van der Waals surface area contributed by atoms with E-state index in [4.69, 9.17) is 9.47 Å². The highest BCUT2D eigenvalue weighted by atomic mass is 16.5. The smallest absolute Gasteiger partial charge is 0.295 e. The first kappa shape index (κ1) is 19.2. The number of ether oxygens (including phenoxy) is 2. The number of carbonyl (C=O) groups is 2. The Labute approximate surface area is 163 Å². The molecule has 1 N–H and O–H groups in total. The third-order valence-corrected chi connectivity index (χ3v) is 4.64. The monoisotopic (exact) mass is 379 g/mol. The second kappa shape index (κ2) is 8.00. The molecule has 1 amide bonds. The summed E-state index contributed by atoms with van der Waals surface area (Å²) in [5.41, 5.74) is 1.12. The maximum Gasteiger partial charge on any atom is 0.295 e. The van der Waals surface area contributed by atoms with Gasteiger partial charge in [0.25, 0.3) is 11.7 Å². The van der Waals surface area contributed by atoms with E-state index in [2.05, 4.69) is 6.58 Å². The van der Waals surface area contributed by atoms with Crippen LogP contribution in [0.2, 0.25) is 0 Å². The highest BCUT2D eigenvalue weighted by Crippen LogP contribution is 2.41.